The summed E-state index contributed by atoms with van der Waals surface area (Å²) in [7, 11) is 0. The molecule has 1 saturated carbocycles. The Balaban J connectivity index is 2.30. The molecule has 0 amide bonds. The van der Waals surface area contributed by atoms with E-state index in [0.717, 1.165) is 12.8 Å². The molecule has 0 aromatic carbocycles. The van der Waals surface area contributed by atoms with Crippen molar-refractivity contribution >= 4 is 18.2 Å². The Bertz CT molecular complexity index is 390. The Morgan fingerprint density at radius 3 is 2.79 bits per heavy atom. The van der Waals surface area contributed by atoms with Gasteiger partial charge in [0.2, 0.25) is 5.95 Å². The number of nitrogens with zero attached hydrogens (tertiary/aromatic N) is 2. The molecule has 14 heavy (non-hydrogen) atoms. The van der Waals surface area contributed by atoms with Gasteiger partial charge in [-0.3, -0.25) is 4.57 Å². The van der Waals surface area contributed by atoms with Crippen LogP contribution >= 0.6 is 12.2 Å². The lowest BCUT2D eigenvalue weighted by atomic mass is 9.92. The first-order chi connectivity index (χ1) is 6.49. The first-order valence-electron chi connectivity index (χ1n) is 4.92. The summed E-state index contributed by atoms with van der Waals surface area (Å²) in [6.07, 6.45) is 3.50. The van der Waals surface area contributed by atoms with Crippen molar-refractivity contribution in [2.24, 2.45) is 5.41 Å². The molecule has 2 rings (SSSR count). The highest BCUT2D eigenvalue weighted by atomic mass is 32.1. The van der Waals surface area contributed by atoms with E-state index in [4.69, 9.17) is 18.0 Å². The van der Waals surface area contributed by atoms with Crippen molar-refractivity contribution in [2.75, 3.05) is 5.73 Å². The average Bonchev–Trinajstić information content (AvgIpc) is 2.56. The molecule has 0 bridgehead atoms. The molecular weight excluding hydrogens is 196 g/mol. The van der Waals surface area contributed by atoms with E-state index in [1.54, 1.807) is 0 Å². The maximum absolute atomic E-state index is 5.76. The first kappa shape index (κ1) is 9.71. The van der Waals surface area contributed by atoms with Crippen molar-refractivity contribution < 1.29 is 0 Å². The lowest BCUT2D eigenvalue weighted by Crippen LogP contribution is -2.11. The van der Waals surface area contributed by atoms with Gasteiger partial charge in [-0.15, -0.1) is 5.10 Å². The Morgan fingerprint density at radius 2 is 2.36 bits per heavy atom. The summed E-state index contributed by atoms with van der Waals surface area (Å²) in [6.45, 7) is 4.57. The van der Waals surface area contributed by atoms with Crippen molar-refractivity contribution in [3.8, 4) is 0 Å². The van der Waals surface area contributed by atoms with Gasteiger partial charge in [0.25, 0.3) is 0 Å². The fraction of sp³-hybridized carbons (Fsp3) is 0.778. The molecule has 1 heterocycles. The van der Waals surface area contributed by atoms with Crippen LogP contribution in [0, 0.1) is 10.2 Å². The topological polar surface area (TPSA) is 59.6 Å². The summed E-state index contributed by atoms with van der Waals surface area (Å²) in [5.74, 6) is 0.512. The predicted octanol–water partition coefficient (Wildman–Crippen LogP) is 2.27. The predicted molar refractivity (Wildman–Crippen MR) is 58.5 cm³/mol. The second kappa shape index (κ2) is 3.08. The van der Waals surface area contributed by atoms with E-state index in [1.807, 2.05) is 4.57 Å². The van der Waals surface area contributed by atoms with Crippen LogP contribution in [0.5, 0.6) is 0 Å². The summed E-state index contributed by atoms with van der Waals surface area (Å²) >= 11 is 5.15. The highest BCUT2D eigenvalue weighted by Crippen LogP contribution is 2.43. The van der Waals surface area contributed by atoms with Gasteiger partial charge in [0.1, 0.15) is 0 Å². The van der Waals surface area contributed by atoms with Gasteiger partial charge >= 0.3 is 0 Å². The van der Waals surface area contributed by atoms with Crippen LogP contribution < -0.4 is 5.73 Å². The number of aromatic amines is 1. The highest BCUT2D eigenvalue weighted by Gasteiger charge is 2.33. The summed E-state index contributed by atoms with van der Waals surface area (Å²) in [5, 5.41) is 6.66. The fourth-order valence-electron chi connectivity index (χ4n) is 2.29. The minimum Gasteiger partial charge on any atom is -0.368 e. The maximum Gasteiger partial charge on any atom is 0.220 e. The van der Waals surface area contributed by atoms with Crippen LogP contribution in [0.3, 0.4) is 0 Å². The van der Waals surface area contributed by atoms with Crippen LogP contribution in [-0.2, 0) is 0 Å². The zero-order valence-corrected chi connectivity index (χ0v) is 9.40. The summed E-state index contributed by atoms with van der Waals surface area (Å²) < 4.78 is 2.59. The molecule has 1 unspecified atom stereocenters. The van der Waals surface area contributed by atoms with Gasteiger partial charge in [-0.2, -0.15) is 0 Å². The van der Waals surface area contributed by atoms with E-state index in [9.17, 15) is 0 Å². The van der Waals surface area contributed by atoms with Gasteiger partial charge in [-0.05, 0) is 36.9 Å². The molecule has 5 heteroatoms. The van der Waals surface area contributed by atoms with E-state index in [-0.39, 0.29) is 0 Å². The third-order valence-corrected chi connectivity index (χ3v) is 3.33. The van der Waals surface area contributed by atoms with Crippen LogP contribution in [0.1, 0.15) is 39.2 Å². The third kappa shape index (κ3) is 1.56. The molecule has 3 N–H and O–H groups in total. The van der Waals surface area contributed by atoms with Crippen LogP contribution in [-0.4, -0.2) is 14.8 Å². The molecule has 78 valence electrons. The van der Waals surface area contributed by atoms with Gasteiger partial charge in [-0.1, -0.05) is 13.8 Å². The minimum atomic E-state index is 0.406. The zero-order chi connectivity index (χ0) is 10.3. The molecule has 1 aromatic rings. The van der Waals surface area contributed by atoms with E-state index >= 15 is 0 Å². The second-order valence-electron chi connectivity index (χ2n) is 4.82. The molecule has 1 aliphatic rings. The van der Waals surface area contributed by atoms with Crippen LogP contribution in [0.2, 0.25) is 0 Å². The monoisotopic (exact) mass is 212 g/mol. The summed E-state index contributed by atoms with van der Waals surface area (Å²) in [6, 6.07) is 0.427. The van der Waals surface area contributed by atoms with Crippen molar-refractivity contribution in [3.05, 3.63) is 4.77 Å². The number of H-pyrrole nitrogens is 1. The van der Waals surface area contributed by atoms with Crippen LogP contribution in [0.25, 0.3) is 0 Å². The standard InChI is InChI=1S/C9H16N4S/c1-9(2)4-3-6(5-9)13-7(10)11-12-8(13)14/h6H,3-5H2,1-2H3,(H2,10,11)(H,12,14). The summed E-state index contributed by atoms with van der Waals surface area (Å²) in [4.78, 5) is 0. The maximum atomic E-state index is 5.76. The number of nitrogens with one attached hydrogen (secondary N) is 1. The molecule has 4 nitrogen and oxygen atoms in total. The number of hydrogen-bond donors (Lipinski definition) is 2. The van der Waals surface area contributed by atoms with Gasteiger partial charge in [0, 0.05) is 6.04 Å². The largest absolute Gasteiger partial charge is 0.368 e. The van der Waals surface area contributed by atoms with Crippen molar-refractivity contribution in [2.45, 2.75) is 39.2 Å². The SMILES string of the molecule is CC1(C)CCC(n2c(N)n[nH]c2=S)C1. The lowest BCUT2D eigenvalue weighted by molar-refractivity contribution is 0.359. The van der Waals surface area contributed by atoms with Gasteiger partial charge in [0.15, 0.2) is 4.77 Å². The van der Waals surface area contributed by atoms with Crippen molar-refractivity contribution in [1.29, 1.82) is 0 Å². The number of anilines is 1. The van der Waals surface area contributed by atoms with Gasteiger partial charge in [-0.25, -0.2) is 5.10 Å². The summed E-state index contributed by atoms with van der Waals surface area (Å²) in [5.41, 5.74) is 6.17. The highest BCUT2D eigenvalue weighted by molar-refractivity contribution is 7.71. The Hall–Kier alpha value is -0.840. The normalized spacial score (nSPS) is 25.4. The molecule has 1 aromatic heterocycles. The number of rotatable bonds is 1. The average molecular weight is 212 g/mol. The van der Waals surface area contributed by atoms with E-state index in [0.29, 0.717) is 22.2 Å². The quantitative estimate of drug-likeness (QED) is 0.702. The number of nitrogens with two attached hydrogens (primary N) is 1. The zero-order valence-electron chi connectivity index (χ0n) is 8.58. The van der Waals surface area contributed by atoms with E-state index in [1.165, 1.54) is 6.42 Å². The molecule has 0 saturated heterocycles. The molecule has 1 atom stereocenters. The molecule has 0 aliphatic heterocycles. The number of hydrogen-bond acceptors (Lipinski definition) is 3. The third-order valence-electron chi connectivity index (χ3n) is 3.04. The molecule has 0 spiro atoms. The van der Waals surface area contributed by atoms with Gasteiger partial charge < -0.3 is 5.73 Å². The lowest BCUT2D eigenvalue weighted by Gasteiger charge is -2.17. The van der Waals surface area contributed by atoms with E-state index < -0.39 is 0 Å². The molecule has 1 aliphatic carbocycles. The Labute approximate surface area is 88.5 Å². The van der Waals surface area contributed by atoms with Crippen LogP contribution in [0.4, 0.5) is 5.95 Å². The minimum absolute atomic E-state index is 0.406. The van der Waals surface area contributed by atoms with Gasteiger partial charge in [0.05, 0.1) is 0 Å². The molecule has 0 radical (unpaired) electrons. The van der Waals surface area contributed by atoms with Crippen molar-refractivity contribution in [3.63, 3.8) is 0 Å². The van der Waals surface area contributed by atoms with Crippen molar-refractivity contribution in [1.82, 2.24) is 14.8 Å². The molecular formula is C9H16N4S. The van der Waals surface area contributed by atoms with Crippen LogP contribution in [0.15, 0.2) is 0 Å². The first-order valence-corrected chi connectivity index (χ1v) is 5.33. The Kier molecular flexibility index (Phi) is 2.14. The number of nitrogen functional groups attached to an aromatic ring is 1. The second-order valence-corrected chi connectivity index (χ2v) is 5.20. The van der Waals surface area contributed by atoms with E-state index in [2.05, 4.69) is 24.0 Å². The number of aromatic nitrogens is 3. The fourth-order valence-corrected chi connectivity index (χ4v) is 2.58. The smallest absolute Gasteiger partial charge is 0.220 e. The molecule has 1 fully saturated rings. The Morgan fingerprint density at radius 1 is 1.64 bits per heavy atom.